The maximum atomic E-state index is 12.4. The third-order valence-electron chi connectivity index (χ3n) is 3.59. The fourth-order valence-corrected chi connectivity index (χ4v) is 2.30. The summed E-state index contributed by atoms with van der Waals surface area (Å²) >= 11 is 5.84. The highest BCUT2D eigenvalue weighted by molar-refractivity contribution is 6.30. The van der Waals surface area contributed by atoms with Gasteiger partial charge in [-0.1, -0.05) is 30.6 Å². The summed E-state index contributed by atoms with van der Waals surface area (Å²) in [6, 6.07) is 13.7. The van der Waals surface area contributed by atoms with Crippen LogP contribution in [0.2, 0.25) is 5.02 Å². The van der Waals surface area contributed by atoms with E-state index >= 15 is 0 Å². The number of rotatable bonds is 6. The Bertz CT molecular complexity index is 855. The van der Waals surface area contributed by atoms with Gasteiger partial charge in [-0.25, -0.2) is 0 Å². The van der Waals surface area contributed by atoms with Crippen LogP contribution in [-0.4, -0.2) is 15.9 Å². The summed E-state index contributed by atoms with van der Waals surface area (Å²) in [6.45, 7) is 4.17. The highest BCUT2D eigenvalue weighted by Crippen LogP contribution is 2.18. The van der Waals surface area contributed by atoms with Gasteiger partial charge in [0.1, 0.15) is 5.75 Å². The van der Waals surface area contributed by atoms with Crippen LogP contribution in [0.4, 0.5) is 0 Å². The molecule has 0 bridgehead atoms. The van der Waals surface area contributed by atoms with Crippen LogP contribution >= 0.6 is 11.6 Å². The predicted molar refractivity (Wildman–Crippen MR) is 94.0 cm³/mol. The van der Waals surface area contributed by atoms with Crippen LogP contribution in [0.1, 0.15) is 47.4 Å². The molecule has 1 heterocycles. The van der Waals surface area contributed by atoms with Crippen molar-refractivity contribution < 1.29 is 14.1 Å². The van der Waals surface area contributed by atoms with E-state index in [0.29, 0.717) is 33.6 Å². The quantitative estimate of drug-likeness (QED) is 0.601. The fraction of sp³-hybridized carbons (Fsp3) is 0.211. The third-order valence-corrected chi connectivity index (χ3v) is 3.84. The first-order valence-corrected chi connectivity index (χ1v) is 8.26. The monoisotopic (exact) mass is 356 g/mol. The summed E-state index contributed by atoms with van der Waals surface area (Å²) in [5, 5.41) is 4.48. The van der Waals surface area contributed by atoms with Crippen LogP contribution in [0.25, 0.3) is 0 Å². The van der Waals surface area contributed by atoms with Crippen molar-refractivity contribution in [3.63, 3.8) is 0 Å². The molecule has 0 saturated carbocycles. The van der Waals surface area contributed by atoms with E-state index in [0.717, 1.165) is 0 Å². The van der Waals surface area contributed by atoms with Gasteiger partial charge in [0, 0.05) is 22.1 Å². The molecule has 0 radical (unpaired) electrons. The lowest BCUT2D eigenvalue weighted by atomic mass is 10.0. The summed E-state index contributed by atoms with van der Waals surface area (Å²) in [6.07, 6.45) is 0. The topological polar surface area (TPSA) is 65.2 Å². The van der Waals surface area contributed by atoms with Gasteiger partial charge < -0.3 is 9.26 Å². The van der Waals surface area contributed by atoms with Crippen molar-refractivity contribution in [2.24, 2.45) is 0 Å². The fourth-order valence-electron chi connectivity index (χ4n) is 2.18. The Morgan fingerprint density at radius 2 is 1.68 bits per heavy atom. The summed E-state index contributed by atoms with van der Waals surface area (Å²) in [4.78, 5) is 16.6. The van der Waals surface area contributed by atoms with E-state index in [-0.39, 0.29) is 18.3 Å². The highest BCUT2D eigenvalue weighted by atomic mass is 35.5. The Labute approximate surface area is 150 Å². The maximum absolute atomic E-state index is 12.4. The van der Waals surface area contributed by atoms with E-state index in [1.165, 1.54) is 0 Å². The van der Waals surface area contributed by atoms with Crippen LogP contribution in [0, 0.1) is 0 Å². The summed E-state index contributed by atoms with van der Waals surface area (Å²) in [5.41, 5.74) is 1.17. The molecule has 128 valence electrons. The SMILES string of the molecule is CC(C)c1noc(COc2ccc(C(=O)c3ccc(Cl)cc3)cc2)n1. The number of aromatic nitrogens is 2. The Morgan fingerprint density at radius 1 is 1.08 bits per heavy atom. The molecule has 0 fully saturated rings. The van der Waals surface area contributed by atoms with E-state index in [1.54, 1.807) is 48.5 Å². The average Bonchev–Trinajstić information content (AvgIpc) is 3.10. The van der Waals surface area contributed by atoms with E-state index in [1.807, 2.05) is 13.8 Å². The number of nitrogens with zero attached hydrogens (tertiary/aromatic N) is 2. The van der Waals surface area contributed by atoms with Crippen molar-refractivity contribution in [2.75, 3.05) is 0 Å². The molecule has 2 aromatic carbocycles. The zero-order chi connectivity index (χ0) is 17.8. The Hall–Kier alpha value is -2.66. The second-order valence-electron chi connectivity index (χ2n) is 5.85. The maximum Gasteiger partial charge on any atom is 0.264 e. The molecule has 3 rings (SSSR count). The predicted octanol–water partition coefficient (Wildman–Crippen LogP) is 4.66. The summed E-state index contributed by atoms with van der Waals surface area (Å²) in [5.74, 6) is 1.84. The van der Waals surface area contributed by atoms with Crippen LogP contribution < -0.4 is 4.74 Å². The molecule has 0 aliphatic carbocycles. The number of benzene rings is 2. The first-order valence-electron chi connectivity index (χ1n) is 7.88. The number of carbonyl (C=O) groups excluding carboxylic acids is 1. The lowest BCUT2D eigenvalue weighted by Gasteiger charge is -2.05. The molecule has 3 aromatic rings. The standard InChI is InChI=1S/C19H17ClN2O3/c1-12(2)19-21-17(25-22-19)11-24-16-9-5-14(6-10-16)18(23)13-3-7-15(20)8-4-13/h3-10,12H,11H2,1-2H3. The van der Waals surface area contributed by atoms with Crippen molar-refractivity contribution in [3.05, 3.63) is 76.4 Å². The van der Waals surface area contributed by atoms with E-state index < -0.39 is 0 Å². The van der Waals surface area contributed by atoms with Crippen molar-refractivity contribution in [2.45, 2.75) is 26.4 Å². The molecule has 0 aliphatic rings. The number of hydrogen-bond acceptors (Lipinski definition) is 5. The Balaban J connectivity index is 1.63. The van der Waals surface area contributed by atoms with Crippen LogP contribution in [0.15, 0.2) is 53.1 Å². The Kier molecular flexibility index (Phi) is 5.14. The molecule has 0 saturated heterocycles. The lowest BCUT2D eigenvalue weighted by Crippen LogP contribution is -2.01. The van der Waals surface area contributed by atoms with Gasteiger partial charge in [-0.15, -0.1) is 0 Å². The van der Waals surface area contributed by atoms with Crippen LogP contribution in [0.5, 0.6) is 5.75 Å². The van der Waals surface area contributed by atoms with Gasteiger partial charge in [-0.05, 0) is 48.5 Å². The molecule has 6 heteroatoms. The molecule has 25 heavy (non-hydrogen) atoms. The van der Waals surface area contributed by atoms with E-state index in [2.05, 4.69) is 10.1 Å². The number of carbonyl (C=O) groups is 1. The minimum Gasteiger partial charge on any atom is -0.484 e. The highest BCUT2D eigenvalue weighted by Gasteiger charge is 2.11. The summed E-state index contributed by atoms with van der Waals surface area (Å²) < 4.78 is 10.7. The lowest BCUT2D eigenvalue weighted by molar-refractivity contribution is 0.103. The molecule has 5 nitrogen and oxygen atoms in total. The number of halogens is 1. The molecule has 0 aliphatic heterocycles. The van der Waals surface area contributed by atoms with Crippen molar-refractivity contribution >= 4 is 17.4 Å². The summed E-state index contributed by atoms with van der Waals surface area (Å²) in [7, 11) is 0. The molecular formula is C19H17ClN2O3. The van der Waals surface area contributed by atoms with Gasteiger partial charge in [0.2, 0.25) is 0 Å². The van der Waals surface area contributed by atoms with Gasteiger partial charge in [-0.3, -0.25) is 4.79 Å². The molecule has 0 atom stereocenters. The normalized spacial score (nSPS) is 10.9. The Morgan fingerprint density at radius 3 is 2.24 bits per heavy atom. The van der Waals surface area contributed by atoms with Crippen molar-refractivity contribution in [1.29, 1.82) is 0 Å². The van der Waals surface area contributed by atoms with Gasteiger partial charge in [0.25, 0.3) is 5.89 Å². The number of ether oxygens (including phenoxy) is 1. The molecule has 1 aromatic heterocycles. The van der Waals surface area contributed by atoms with Gasteiger partial charge in [0.15, 0.2) is 18.2 Å². The van der Waals surface area contributed by atoms with Crippen molar-refractivity contribution in [1.82, 2.24) is 10.1 Å². The molecule has 0 unspecified atom stereocenters. The smallest absolute Gasteiger partial charge is 0.264 e. The first-order chi connectivity index (χ1) is 12.0. The molecule has 0 amide bonds. The third kappa shape index (κ3) is 4.25. The largest absolute Gasteiger partial charge is 0.484 e. The second kappa shape index (κ2) is 7.49. The van der Waals surface area contributed by atoms with E-state index in [9.17, 15) is 4.79 Å². The minimum atomic E-state index is -0.0679. The van der Waals surface area contributed by atoms with Gasteiger partial charge in [-0.2, -0.15) is 4.98 Å². The van der Waals surface area contributed by atoms with Crippen molar-refractivity contribution in [3.8, 4) is 5.75 Å². The second-order valence-corrected chi connectivity index (χ2v) is 6.29. The number of hydrogen-bond donors (Lipinski definition) is 0. The average molecular weight is 357 g/mol. The van der Waals surface area contributed by atoms with Crippen LogP contribution in [-0.2, 0) is 6.61 Å². The number of ketones is 1. The van der Waals surface area contributed by atoms with Gasteiger partial charge >= 0.3 is 0 Å². The molecular weight excluding hydrogens is 340 g/mol. The van der Waals surface area contributed by atoms with Crippen LogP contribution in [0.3, 0.4) is 0 Å². The van der Waals surface area contributed by atoms with Gasteiger partial charge in [0.05, 0.1) is 0 Å². The minimum absolute atomic E-state index is 0.0679. The molecule has 0 N–H and O–H groups in total. The molecule has 0 spiro atoms. The first kappa shape index (κ1) is 17.2. The zero-order valence-corrected chi connectivity index (χ0v) is 14.7. The zero-order valence-electron chi connectivity index (χ0n) is 13.9. The van der Waals surface area contributed by atoms with E-state index in [4.69, 9.17) is 20.9 Å².